The molecule has 0 amide bonds. The van der Waals surface area contributed by atoms with E-state index in [4.69, 9.17) is 10.7 Å². The van der Waals surface area contributed by atoms with Gasteiger partial charge in [0, 0.05) is 27.6 Å². The quantitative estimate of drug-likeness (QED) is 0.674. The highest BCUT2D eigenvalue weighted by Gasteiger charge is 2.17. The van der Waals surface area contributed by atoms with E-state index in [-0.39, 0.29) is 4.90 Å². The van der Waals surface area contributed by atoms with Crippen molar-refractivity contribution in [2.75, 3.05) is 0 Å². The number of rotatable bonds is 2. The zero-order chi connectivity index (χ0) is 16.1. The number of fused-ring (bicyclic) bond motifs is 1. The summed E-state index contributed by atoms with van der Waals surface area (Å²) in [5.41, 5.74) is 4.63. The summed E-state index contributed by atoms with van der Waals surface area (Å²) in [6.45, 7) is 5.57. The Bertz CT molecular complexity index is 993. The van der Waals surface area contributed by atoms with Crippen LogP contribution in [0.3, 0.4) is 0 Å². The van der Waals surface area contributed by atoms with E-state index in [0.29, 0.717) is 11.2 Å². The minimum atomic E-state index is -3.79. The normalized spacial score (nSPS) is 12.0. The molecule has 0 saturated carbocycles. The lowest BCUT2D eigenvalue weighted by Gasteiger charge is -2.06. The molecule has 7 heteroatoms. The van der Waals surface area contributed by atoms with Gasteiger partial charge in [-0.25, -0.2) is 17.9 Å². The second kappa shape index (κ2) is 5.07. The molecule has 0 aliphatic rings. The highest BCUT2D eigenvalue weighted by atomic mass is 35.7. The second-order valence-corrected chi connectivity index (χ2v) is 7.79. The maximum Gasteiger partial charge on any atom is 0.261 e. The number of aryl methyl sites for hydroxylation is 3. The van der Waals surface area contributed by atoms with E-state index in [1.807, 2.05) is 26.0 Å². The van der Waals surface area contributed by atoms with Crippen LogP contribution in [0.25, 0.3) is 16.8 Å². The van der Waals surface area contributed by atoms with Gasteiger partial charge in [0.1, 0.15) is 0 Å². The molecule has 2 aromatic heterocycles. The van der Waals surface area contributed by atoms with E-state index < -0.39 is 9.05 Å². The maximum atomic E-state index is 11.7. The molecule has 3 aromatic rings. The smallest absolute Gasteiger partial charge is 0.233 e. The Balaban J connectivity index is 2.29. The monoisotopic (exact) mass is 335 g/mol. The van der Waals surface area contributed by atoms with Crippen molar-refractivity contribution in [2.45, 2.75) is 25.7 Å². The molecule has 2 heterocycles. The summed E-state index contributed by atoms with van der Waals surface area (Å²) in [4.78, 5) is 4.61. The fourth-order valence-corrected chi connectivity index (χ4v) is 3.72. The third-order valence-corrected chi connectivity index (χ3v) is 5.00. The molecule has 0 saturated heterocycles. The van der Waals surface area contributed by atoms with Gasteiger partial charge in [0.05, 0.1) is 11.1 Å². The van der Waals surface area contributed by atoms with E-state index >= 15 is 0 Å². The van der Waals surface area contributed by atoms with Crippen molar-refractivity contribution in [2.24, 2.45) is 0 Å². The van der Waals surface area contributed by atoms with Gasteiger partial charge in [0.25, 0.3) is 9.05 Å². The first-order chi connectivity index (χ1) is 10.3. The molecule has 0 aliphatic heterocycles. The predicted molar refractivity (Wildman–Crippen MR) is 85.7 cm³/mol. The van der Waals surface area contributed by atoms with Gasteiger partial charge >= 0.3 is 0 Å². The van der Waals surface area contributed by atoms with Crippen molar-refractivity contribution in [1.82, 2.24) is 14.6 Å². The zero-order valence-corrected chi connectivity index (χ0v) is 13.9. The summed E-state index contributed by atoms with van der Waals surface area (Å²) in [7, 11) is 1.71. The van der Waals surface area contributed by atoms with E-state index in [1.54, 1.807) is 29.8 Å². The fraction of sp³-hybridized carbons (Fsp3) is 0.200. The standard InChI is InChI=1S/C15H14ClN3O2S/c1-9-4-5-12(7-14(9)22(16,20)21)13-8-17-19-11(3)6-10(2)18-15(13)19/h4-8H,1-3H3. The van der Waals surface area contributed by atoms with Crippen LogP contribution in [0.1, 0.15) is 17.0 Å². The van der Waals surface area contributed by atoms with Crippen LogP contribution >= 0.6 is 10.7 Å². The SMILES string of the molecule is Cc1cc(C)n2ncc(-c3ccc(C)c(S(=O)(=O)Cl)c3)c2n1. The van der Waals surface area contributed by atoms with Crippen LogP contribution in [0, 0.1) is 20.8 Å². The number of hydrogen-bond donors (Lipinski definition) is 0. The van der Waals surface area contributed by atoms with Crippen molar-refractivity contribution in [3.63, 3.8) is 0 Å². The highest BCUT2D eigenvalue weighted by Crippen LogP contribution is 2.29. The van der Waals surface area contributed by atoms with Crippen LogP contribution in [0.2, 0.25) is 0 Å². The first-order valence-electron chi connectivity index (χ1n) is 6.65. The molecule has 3 rings (SSSR count). The topological polar surface area (TPSA) is 64.3 Å². The predicted octanol–water partition coefficient (Wildman–Crippen LogP) is 3.25. The third-order valence-electron chi connectivity index (χ3n) is 3.54. The van der Waals surface area contributed by atoms with E-state index in [0.717, 1.165) is 22.5 Å². The lowest BCUT2D eigenvalue weighted by Crippen LogP contribution is -1.98. The summed E-state index contributed by atoms with van der Waals surface area (Å²) in [6, 6.07) is 7.08. The lowest BCUT2D eigenvalue weighted by atomic mass is 10.1. The largest absolute Gasteiger partial charge is 0.261 e. The van der Waals surface area contributed by atoms with Crippen LogP contribution in [0.4, 0.5) is 0 Å². The lowest BCUT2D eigenvalue weighted by molar-refractivity contribution is 0.609. The Morgan fingerprint density at radius 2 is 1.86 bits per heavy atom. The zero-order valence-electron chi connectivity index (χ0n) is 12.3. The van der Waals surface area contributed by atoms with Gasteiger partial charge in [-0.1, -0.05) is 12.1 Å². The third kappa shape index (κ3) is 2.48. The molecule has 0 atom stereocenters. The van der Waals surface area contributed by atoms with Crippen molar-refractivity contribution >= 4 is 25.4 Å². The first kappa shape index (κ1) is 15.0. The number of nitrogens with zero attached hydrogens (tertiary/aromatic N) is 3. The van der Waals surface area contributed by atoms with Gasteiger partial charge in [-0.2, -0.15) is 5.10 Å². The number of halogens is 1. The van der Waals surface area contributed by atoms with Gasteiger partial charge in [-0.05, 0) is 44.0 Å². The van der Waals surface area contributed by atoms with Crippen LogP contribution in [0.15, 0.2) is 35.4 Å². The van der Waals surface area contributed by atoms with Crippen molar-refractivity contribution in [3.05, 3.63) is 47.4 Å². The molecule has 0 spiro atoms. The second-order valence-electron chi connectivity index (χ2n) is 5.25. The molecule has 0 fully saturated rings. The Kier molecular flexibility index (Phi) is 3.45. The Morgan fingerprint density at radius 3 is 2.55 bits per heavy atom. The van der Waals surface area contributed by atoms with Gasteiger partial charge in [0.15, 0.2) is 5.65 Å². The minimum Gasteiger partial charge on any atom is -0.233 e. The molecule has 0 unspecified atom stereocenters. The van der Waals surface area contributed by atoms with Gasteiger partial charge < -0.3 is 0 Å². The van der Waals surface area contributed by atoms with Crippen LogP contribution in [-0.2, 0) is 9.05 Å². The number of aromatic nitrogens is 3. The summed E-state index contributed by atoms with van der Waals surface area (Å²) in [5, 5.41) is 4.32. The molecule has 0 radical (unpaired) electrons. The van der Waals surface area contributed by atoms with Gasteiger partial charge in [-0.3, -0.25) is 0 Å². The Hall–Kier alpha value is -1.92. The van der Waals surface area contributed by atoms with Crippen molar-refractivity contribution in [3.8, 4) is 11.1 Å². The average molecular weight is 336 g/mol. The maximum absolute atomic E-state index is 11.7. The van der Waals surface area contributed by atoms with Crippen molar-refractivity contribution < 1.29 is 8.42 Å². The Labute approximate surface area is 133 Å². The molecular weight excluding hydrogens is 322 g/mol. The summed E-state index contributed by atoms with van der Waals surface area (Å²) in [6.07, 6.45) is 1.68. The molecule has 5 nitrogen and oxygen atoms in total. The number of hydrogen-bond acceptors (Lipinski definition) is 4. The van der Waals surface area contributed by atoms with E-state index in [2.05, 4.69) is 10.1 Å². The highest BCUT2D eigenvalue weighted by molar-refractivity contribution is 8.13. The molecule has 0 aliphatic carbocycles. The van der Waals surface area contributed by atoms with Gasteiger partial charge in [-0.15, -0.1) is 0 Å². The molecule has 1 aromatic carbocycles. The van der Waals surface area contributed by atoms with Crippen molar-refractivity contribution in [1.29, 1.82) is 0 Å². The van der Waals surface area contributed by atoms with E-state index in [1.165, 1.54) is 0 Å². The Morgan fingerprint density at radius 1 is 1.14 bits per heavy atom. The molecule has 0 N–H and O–H groups in total. The summed E-state index contributed by atoms with van der Waals surface area (Å²) >= 11 is 0. The summed E-state index contributed by atoms with van der Waals surface area (Å²) < 4.78 is 25.1. The van der Waals surface area contributed by atoms with Crippen LogP contribution in [0.5, 0.6) is 0 Å². The average Bonchev–Trinajstić information content (AvgIpc) is 2.82. The molecule has 22 heavy (non-hydrogen) atoms. The van der Waals surface area contributed by atoms with Gasteiger partial charge in [0.2, 0.25) is 0 Å². The minimum absolute atomic E-state index is 0.107. The van der Waals surface area contributed by atoms with Crippen LogP contribution in [-0.4, -0.2) is 23.0 Å². The molecule has 114 valence electrons. The summed E-state index contributed by atoms with van der Waals surface area (Å²) in [5.74, 6) is 0. The fourth-order valence-electron chi connectivity index (χ4n) is 2.50. The van der Waals surface area contributed by atoms with Crippen LogP contribution < -0.4 is 0 Å². The number of benzene rings is 1. The van der Waals surface area contributed by atoms with E-state index in [9.17, 15) is 8.42 Å². The first-order valence-corrected chi connectivity index (χ1v) is 8.96. The molecule has 0 bridgehead atoms. The molecular formula is C15H14ClN3O2S.